The van der Waals surface area contributed by atoms with Gasteiger partial charge < -0.3 is 15.5 Å². The van der Waals surface area contributed by atoms with Crippen LogP contribution < -0.4 is 10.6 Å². The summed E-state index contributed by atoms with van der Waals surface area (Å²) in [6, 6.07) is 6.46. The zero-order chi connectivity index (χ0) is 18.4. The first-order chi connectivity index (χ1) is 11.8. The molecule has 1 aromatic rings. The van der Waals surface area contributed by atoms with E-state index in [9.17, 15) is 14.0 Å². The highest BCUT2D eigenvalue weighted by Crippen LogP contribution is 2.21. The van der Waals surface area contributed by atoms with Gasteiger partial charge in [0, 0.05) is 31.6 Å². The number of nitrogens with one attached hydrogen (secondary N) is 2. The highest BCUT2D eigenvalue weighted by Gasteiger charge is 2.26. The minimum absolute atomic E-state index is 0.0257. The number of hydrogen-bond donors (Lipinski definition) is 2. The molecule has 1 unspecified atom stereocenters. The number of benzene rings is 1. The fraction of sp³-hybridized carbons (Fsp3) is 0.579. The zero-order valence-electron chi connectivity index (χ0n) is 15.3. The van der Waals surface area contributed by atoms with E-state index in [1.54, 1.807) is 17.0 Å². The minimum atomic E-state index is -0.424. The smallest absolute Gasteiger partial charge is 0.317 e. The molecule has 1 saturated heterocycles. The molecule has 0 saturated carbocycles. The van der Waals surface area contributed by atoms with Gasteiger partial charge in [-0.25, -0.2) is 9.18 Å². The number of rotatable bonds is 5. The van der Waals surface area contributed by atoms with Crippen molar-refractivity contribution in [2.24, 2.45) is 11.3 Å². The van der Waals surface area contributed by atoms with Crippen LogP contribution in [-0.2, 0) is 11.2 Å². The average molecular weight is 349 g/mol. The van der Waals surface area contributed by atoms with E-state index in [0.29, 0.717) is 25.6 Å². The van der Waals surface area contributed by atoms with Gasteiger partial charge in [-0.15, -0.1) is 0 Å². The van der Waals surface area contributed by atoms with E-state index < -0.39 is 5.41 Å². The predicted octanol–water partition coefficient (Wildman–Crippen LogP) is 2.56. The Kier molecular flexibility index (Phi) is 6.39. The molecule has 1 aliphatic heterocycles. The van der Waals surface area contributed by atoms with E-state index >= 15 is 0 Å². The number of urea groups is 1. The Labute approximate surface area is 149 Å². The lowest BCUT2D eigenvalue weighted by molar-refractivity contribution is -0.128. The molecule has 2 N–H and O–H groups in total. The summed E-state index contributed by atoms with van der Waals surface area (Å²) in [5.41, 5.74) is 0.672. The van der Waals surface area contributed by atoms with Gasteiger partial charge in [0.05, 0.1) is 0 Å². The number of carbonyl (C=O) groups is 2. The summed E-state index contributed by atoms with van der Waals surface area (Å²) in [6.45, 7) is 7.84. The van der Waals surface area contributed by atoms with Gasteiger partial charge in [-0.05, 0) is 36.5 Å². The maximum atomic E-state index is 12.9. The third kappa shape index (κ3) is 6.03. The molecular weight excluding hydrogens is 321 g/mol. The monoisotopic (exact) mass is 349 g/mol. The Hall–Kier alpha value is -2.11. The van der Waals surface area contributed by atoms with Gasteiger partial charge in [0.25, 0.3) is 0 Å². The van der Waals surface area contributed by atoms with Crippen LogP contribution in [0.15, 0.2) is 24.3 Å². The molecule has 1 atom stereocenters. The molecule has 0 aliphatic carbocycles. The van der Waals surface area contributed by atoms with Gasteiger partial charge in [-0.3, -0.25) is 4.79 Å². The second-order valence-corrected chi connectivity index (χ2v) is 7.67. The van der Waals surface area contributed by atoms with Crippen molar-refractivity contribution in [2.45, 2.75) is 33.6 Å². The Bertz CT molecular complexity index is 596. The van der Waals surface area contributed by atoms with Gasteiger partial charge in [0.1, 0.15) is 5.82 Å². The van der Waals surface area contributed by atoms with Crippen molar-refractivity contribution < 1.29 is 14.0 Å². The first-order valence-corrected chi connectivity index (χ1v) is 8.81. The van der Waals surface area contributed by atoms with Crippen LogP contribution in [0, 0.1) is 17.2 Å². The second kappa shape index (κ2) is 8.32. The summed E-state index contributed by atoms with van der Waals surface area (Å²) in [5.74, 6) is 0.147. The standard InChI is InChI=1S/C19H28FN3O2/c1-19(2,3)17(24)21-9-10-22-18(25)23-11-8-15(13-23)12-14-4-6-16(20)7-5-14/h4-7,15H,8-13H2,1-3H3,(H,21,24)(H,22,25). The zero-order valence-corrected chi connectivity index (χ0v) is 15.3. The van der Waals surface area contributed by atoms with Crippen molar-refractivity contribution in [1.82, 2.24) is 15.5 Å². The molecule has 1 aliphatic rings. The molecule has 0 aromatic heterocycles. The molecule has 1 fully saturated rings. The molecule has 2 rings (SSSR count). The lowest BCUT2D eigenvalue weighted by Gasteiger charge is -2.19. The lowest BCUT2D eigenvalue weighted by atomic mass is 9.96. The van der Waals surface area contributed by atoms with Crippen molar-refractivity contribution in [3.63, 3.8) is 0 Å². The fourth-order valence-corrected chi connectivity index (χ4v) is 2.86. The highest BCUT2D eigenvalue weighted by atomic mass is 19.1. The van der Waals surface area contributed by atoms with E-state index in [-0.39, 0.29) is 17.8 Å². The van der Waals surface area contributed by atoms with E-state index in [1.165, 1.54) is 12.1 Å². The molecule has 3 amide bonds. The average Bonchev–Trinajstić information content (AvgIpc) is 3.01. The van der Waals surface area contributed by atoms with Crippen molar-refractivity contribution >= 4 is 11.9 Å². The normalized spacial score (nSPS) is 17.4. The Morgan fingerprint density at radius 1 is 1.16 bits per heavy atom. The summed E-state index contributed by atoms with van der Waals surface area (Å²) in [6.07, 6.45) is 1.80. The lowest BCUT2D eigenvalue weighted by Crippen LogP contribution is -2.43. The van der Waals surface area contributed by atoms with E-state index in [4.69, 9.17) is 0 Å². The van der Waals surface area contributed by atoms with Crippen LogP contribution in [0.1, 0.15) is 32.8 Å². The van der Waals surface area contributed by atoms with Crippen LogP contribution in [0.2, 0.25) is 0 Å². The molecule has 1 aromatic carbocycles. The number of halogens is 1. The number of hydrogen-bond acceptors (Lipinski definition) is 2. The summed E-state index contributed by atoms with van der Waals surface area (Å²) < 4.78 is 12.9. The van der Waals surface area contributed by atoms with Crippen LogP contribution in [0.3, 0.4) is 0 Å². The number of carbonyl (C=O) groups excluding carboxylic acids is 2. The van der Waals surface area contributed by atoms with Crippen LogP contribution in [0.5, 0.6) is 0 Å². The quantitative estimate of drug-likeness (QED) is 0.803. The van der Waals surface area contributed by atoms with Gasteiger partial charge in [0.2, 0.25) is 5.91 Å². The molecule has 0 radical (unpaired) electrons. The SMILES string of the molecule is CC(C)(C)C(=O)NCCNC(=O)N1CCC(Cc2ccc(F)cc2)C1. The van der Waals surface area contributed by atoms with Crippen molar-refractivity contribution in [1.29, 1.82) is 0 Å². The second-order valence-electron chi connectivity index (χ2n) is 7.67. The maximum absolute atomic E-state index is 12.9. The summed E-state index contributed by atoms with van der Waals surface area (Å²) in [5, 5.41) is 5.66. The molecule has 5 nitrogen and oxygen atoms in total. The third-order valence-corrected chi connectivity index (χ3v) is 4.38. The molecule has 0 bridgehead atoms. The van der Waals surface area contributed by atoms with Crippen LogP contribution >= 0.6 is 0 Å². The summed E-state index contributed by atoms with van der Waals surface area (Å²) in [4.78, 5) is 25.7. The molecule has 6 heteroatoms. The van der Waals surface area contributed by atoms with E-state index in [2.05, 4.69) is 10.6 Å². The van der Waals surface area contributed by atoms with Crippen molar-refractivity contribution in [2.75, 3.05) is 26.2 Å². The number of likely N-dealkylation sites (tertiary alicyclic amines) is 1. The summed E-state index contributed by atoms with van der Waals surface area (Å²) >= 11 is 0. The van der Waals surface area contributed by atoms with Crippen LogP contribution in [0.4, 0.5) is 9.18 Å². The Balaban J connectivity index is 1.68. The minimum Gasteiger partial charge on any atom is -0.354 e. The van der Waals surface area contributed by atoms with Crippen LogP contribution in [0.25, 0.3) is 0 Å². The molecule has 138 valence electrons. The van der Waals surface area contributed by atoms with Crippen molar-refractivity contribution in [3.05, 3.63) is 35.6 Å². The predicted molar refractivity (Wildman–Crippen MR) is 95.6 cm³/mol. The first-order valence-electron chi connectivity index (χ1n) is 8.81. The topological polar surface area (TPSA) is 61.4 Å². The molecule has 25 heavy (non-hydrogen) atoms. The first kappa shape index (κ1) is 19.2. The largest absolute Gasteiger partial charge is 0.354 e. The van der Waals surface area contributed by atoms with Gasteiger partial charge in [-0.2, -0.15) is 0 Å². The molecular formula is C19H28FN3O2. The van der Waals surface area contributed by atoms with Crippen molar-refractivity contribution in [3.8, 4) is 0 Å². The highest BCUT2D eigenvalue weighted by molar-refractivity contribution is 5.81. The van der Waals surface area contributed by atoms with Gasteiger partial charge in [0.15, 0.2) is 0 Å². The number of nitrogens with zero attached hydrogens (tertiary/aromatic N) is 1. The van der Waals surface area contributed by atoms with Gasteiger partial charge >= 0.3 is 6.03 Å². The van der Waals surface area contributed by atoms with Crippen LogP contribution in [-0.4, -0.2) is 43.0 Å². The molecule has 0 spiro atoms. The Morgan fingerprint density at radius 2 is 1.80 bits per heavy atom. The summed E-state index contributed by atoms with van der Waals surface area (Å²) in [7, 11) is 0. The van der Waals surface area contributed by atoms with E-state index in [0.717, 1.165) is 24.9 Å². The fourth-order valence-electron chi connectivity index (χ4n) is 2.86. The number of amides is 3. The maximum Gasteiger partial charge on any atom is 0.317 e. The third-order valence-electron chi connectivity index (χ3n) is 4.38. The van der Waals surface area contributed by atoms with Gasteiger partial charge in [-0.1, -0.05) is 32.9 Å². The molecule has 1 heterocycles. The Morgan fingerprint density at radius 3 is 2.44 bits per heavy atom. The van der Waals surface area contributed by atoms with E-state index in [1.807, 2.05) is 20.8 Å².